The van der Waals surface area contributed by atoms with E-state index in [0.717, 1.165) is 11.3 Å². The van der Waals surface area contributed by atoms with E-state index in [1.807, 2.05) is 0 Å². The molecule has 5 heteroatoms. The summed E-state index contributed by atoms with van der Waals surface area (Å²) in [6.45, 7) is 1.26. The third-order valence-electron chi connectivity index (χ3n) is 2.16. The minimum absolute atomic E-state index is 0.449. The number of carbonyl (C=O) groups excluding carboxylic acids is 2. The molecular formula is C8H9N3O2. The zero-order valence-electron chi connectivity index (χ0n) is 6.91. The Hall–Kier alpha value is -1.49. The second kappa shape index (κ2) is 2.77. The molecule has 13 heavy (non-hydrogen) atoms. The minimum Gasteiger partial charge on any atom is -0.369 e. The van der Waals surface area contributed by atoms with Crippen LogP contribution in [0.5, 0.6) is 0 Å². The first-order valence-electron chi connectivity index (χ1n) is 4.01. The summed E-state index contributed by atoms with van der Waals surface area (Å²) >= 11 is 0. The highest BCUT2D eigenvalue weighted by Gasteiger charge is 2.30. The SMILES string of the molecule is NC(=O)C1C=C2CNCC2=NC1=O. The Kier molecular flexibility index (Phi) is 1.73. The fourth-order valence-electron chi connectivity index (χ4n) is 1.48. The Morgan fingerprint density at radius 1 is 1.62 bits per heavy atom. The number of rotatable bonds is 1. The first-order valence-corrected chi connectivity index (χ1v) is 4.01. The molecule has 0 spiro atoms. The van der Waals surface area contributed by atoms with E-state index in [1.165, 1.54) is 0 Å². The summed E-state index contributed by atoms with van der Waals surface area (Å²) in [6, 6.07) is 0. The predicted molar refractivity (Wildman–Crippen MR) is 46.1 cm³/mol. The maximum atomic E-state index is 11.2. The number of hydrogen-bond donors (Lipinski definition) is 2. The lowest BCUT2D eigenvalue weighted by Crippen LogP contribution is -2.31. The molecule has 2 amide bonds. The van der Waals surface area contributed by atoms with Crippen molar-refractivity contribution in [3.05, 3.63) is 11.6 Å². The molecule has 1 saturated heterocycles. The minimum atomic E-state index is -0.862. The third kappa shape index (κ3) is 1.27. The molecule has 1 unspecified atom stereocenters. The van der Waals surface area contributed by atoms with Gasteiger partial charge in [0.15, 0.2) is 0 Å². The summed E-state index contributed by atoms with van der Waals surface area (Å²) in [5.74, 6) is -1.94. The molecule has 2 rings (SSSR count). The maximum absolute atomic E-state index is 11.2. The number of primary amides is 1. The second-order valence-electron chi connectivity index (χ2n) is 3.07. The Morgan fingerprint density at radius 2 is 2.38 bits per heavy atom. The molecule has 0 saturated carbocycles. The van der Waals surface area contributed by atoms with Crippen LogP contribution >= 0.6 is 0 Å². The lowest BCUT2D eigenvalue weighted by atomic mass is 9.99. The Labute approximate surface area is 74.7 Å². The van der Waals surface area contributed by atoms with Crippen molar-refractivity contribution in [2.24, 2.45) is 16.6 Å². The van der Waals surface area contributed by atoms with E-state index in [2.05, 4.69) is 10.3 Å². The number of aliphatic imine (C=N–C) groups is 1. The van der Waals surface area contributed by atoms with Gasteiger partial charge in [0.25, 0.3) is 5.91 Å². The normalized spacial score (nSPS) is 26.5. The van der Waals surface area contributed by atoms with Gasteiger partial charge in [-0.2, -0.15) is 0 Å². The number of dihydropyridines is 1. The van der Waals surface area contributed by atoms with E-state index in [0.29, 0.717) is 13.1 Å². The van der Waals surface area contributed by atoms with Crippen LogP contribution in [0.15, 0.2) is 16.6 Å². The van der Waals surface area contributed by atoms with E-state index in [-0.39, 0.29) is 0 Å². The van der Waals surface area contributed by atoms with Gasteiger partial charge >= 0.3 is 0 Å². The van der Waals surface area contributed by atoms with Crippen molar-refractivity contribution in [1.82, 2.24) is 5.32 Å². The Bertz CT molecular complexity index is 343. The number of nitrogens with two attached hydrogens (primary N) is 1. The first-order chi connectivity index (χ1) is 6.18. The summed E-state index contributed by atoms with van der Waals surface area (Å²) in [5, 5.41) is 3.04. The summed E-state index contributed by atoms with van der Waals surface area (Å²) in [7, 11) is 0. The predicted octanol–water partition coefficient (Wildman–Crippen LogP) is -1.40. The largest absolute Gasteiger partial charge is 0.369 e. The van der Waals surface area contributed by atoms with Crippen LogP contribution in [0.3, 0.4) is 0 Å². The second-order valence-corrected chi connectivity index (χ2v) is 3.07. The van der Waals surface area contributed by atoms with Gasteiger partial charge in [0.2, 0.25) is 5.91 Å². The molecule has 0 radical (unpaired) electrons. The molecule has 5 nitrogen and oxygen atoms in total. The highest BCUT2D eigenvalue weighted by atomic mass is 16.2. The van der Waals surface area contributed by atoms with Gasteiger partial charge < -0.3 is 11.1 Å². The highest BCUT2D eigenvalue weighted by molar-refractivity contribution is 6.16. The molecule has 0 aliphatic carbocycles. The maximum Gasteiger partial charge on any atom is 0.262 e. The van der Waals surface area contributed by atoms with E-state index < -0.39 is 17.7 Å². The Morgan fingerprint density at radius 3 is 3.08 bits per heavy atom. The van der Waals surface area contributed by atoms with Gasteiger partial charge in [-0.1, -0.05) is 6.08 Å². The van der Waals surface area contributed by atoms with E-state index >= 15 is 0 Å². The van der Waals surface area contributed by atoms with Crippen molar-refractivity contribution in [3.8, 4) is 0 Å². The fraction of sp³-hybridized carbons (Fsp3) is 0.375. The summed E-state index contributed by atoms with van der Waals surface area (Å²) in [6.07, 6.45) is 1.60. The van der Waals surface area contributed by atoms with E-state index in [4.69, 9.17) is 5.73 Å². The molecule has 2 aliphatic heterocycles. The van der Waals surface area contributed by atoms with Crippen molar-refractivity contribution in [1.29, 1.82) is 0 Å². The quantitative estimate of drug-likeness (QED) is 0.485. The number of nitrogens with zero attached hydrogens (tertiary/aromatic N) is 1. The molecule has 1 atom stereocenters. The molecule has 0 aromatic heterocycles. The number of fused-ring (bicyclic) bond motifs is 1. The number of hydrogen-bond acceptors (Lipinski definition) is 3. The molecule has 1 fully saturated rings. The van der Waals surface area contributed by atoms with Crippen LogP contribution in [0.25, 0.3) is 0 Å². The van der Waals surface area contributed by atoms with Crippen LogP contribution in [0.4, 0.5) is 0 Å². The molecule has 2 aliphatic rings. The van der Waals surface area contributed by atoms with Crippen LogP contribution in [0.2, 0.25) is 0 Å². The monoisotopic (exact) mass is 179 g/mol. The molecule has 0 aromatic carbocycles. The van der Waals surface area contributed by atoms with Crippen molar-refractivity contribution in [2.75, 3.05) is 13.1 Å². The van der Waals surface area contributed by atoms with Crippen LogP contribution < -0.4 is 11.1 Å². The number of carbonyl (C=O) groups is 2. The molecule has 0 bridgehead atoms. The van der Waals surface area contributed by atoms with Gasteiger partial charge in [-0.3, -0.25) is 9.59 Å². The van der Waals surface area contributed by atoms with Gasteiger partial charge in [0, 0.05) is 13.1 Å². The fourth-order valence-corrected chi connectivity index (χ4v) is 1.48. The lowest BCUT2D eigenvalue weighted by molar-refractivity contribution is -0.129. The molecular weight excluding hydrogens is 170 g/mol. The molecule has 0 aromatic rings. The van der Waals surface area contributed by atoms with Gasteiger partial charge in [-0.25, -0.2) is 4.99 Å². The molecule has 3 N–H and O–H groups in total. The summed E-state index contributed by atoms with van der Waals surface area (Å²) in [5.41, 5.74) is 6.70. The van der Waals surface area contributed by atoms with Crippen LogP contribution in [0, 0.1) is 5.92 Å². The number of nitrogens with one attached hydrogen (secondary N) is 1. The van der Waals surface area contributed by atoms with Crippen molar-refractivity contribution in [2.45, 2.75) is 0 Å². The zero-order chi connectivity index (χ0) is 9.42. The first kappa shape index (κ1) is 8.12. The van der Waals surface area contributed by atoms with E-state index in [9.17, 15) is 9.59 Å². The van der Waals surface area contributed by atoms with Gasteiger partial charge in [-0.15, -0.1) is 0 Å². The van der Waals surface area contributed by atoms with E-state index in [1.54, 1.807) is 6.08 Å². The topological polar surface area (TPSA) is 84.6 Å². The van der Waals surface area contributed by atoms with Crippen LogP contribution in [-0.2, 0) is 9.59 Å². The van der Waals surface area contributed by atoms with Gasteiger partial charge in [-0.05, 0) is 5.57 Å². The summed E-state index contributed by atoms with van der Waals surface area (Å²) in [4.78, 5) is 25.8. The zero-order valence-corrected chi connectivity index (χ0v) is 6.91. The Balaban J connectivity index is 2.34. The number of amides is 2. The van der Waals surface area contributed by atoms with Crippen molar-refractivity contribution in [3.63, 3.8) is 0 Å². The van der Waals surface area contributed by atoms with Crippen molar-refractivity contribution < 1.29 is 9.59 Å². The standard InChI is InChI=1S/C8H9N3O2/c9-7(12)5-1-4-2-10-3-6(4)11-8(5)13/h1,5,10H,2-3H2,(H2,9,12). The average Bonchev–Trinajstić information content (AvgIpc) is 2.48. The highest BCUT2D eigenvalue weighted by Crippen LogP contribution is 2.16. The average molecular weight is 179 g/mol. The van der Waals surface area contributed by atoms with Crippen LogP contribution in [-0.4, -0.2) is 30.6 Å². The molecule has 2 heterocycles. The van der Waals surface area contributed by atoms with Gasteiger partial charge in [0.1, 0.15) is 5.92 Å². The van der Waals surface area contributed by atoms with Crippen molar-refractivity contribution >= 4 is 17.5 Å². The molecule has 68 valence electrons. The summed E-state index contributed by atoms with van der Waals surface area (Å²) < 4.78 is 0. The van der Waals surface area contributed by atoms with Crippen LogP contribution in [0.1, 0.15) is 0 Å². The third-order valence-corrected chi connectivity index (χ3v) is 2.16. The lowest BCUT2D eigenvalue weighted by Gasteiger charge is -2.11. The van der Waals surface area contributed by atoms with Gasteiger partial charge in [0.05, 0.1) is 5.71 Å². The smallest absolute Gasteiger partial charge is 0.262 e.